The lowest BCUT2D eigenvalue weighted by Crippen LogP contribution is -2.36. The Morgan fingerprint density at radius 2 is 2.46 bits per heavy atom. The van der Waals surface area contributed by atoms with Gasteiger partial charge in [0.15, 0.2) is 0 Å². The van der Waals surface area contributed by atoms with Gasteiger partial charge >= 0.3 is 0 Å². The molecule has 72 valence electrons. The second kappa shape index (κ2) is 3.82. The molecule has 0 spiro atoms. The summed E-state index contributed by atoms with van der Waals surface area (Å²) < 4.78 is 2.07. The number of hydrogen-bond acceptors (Lipinski definition) is 5. The number of hydrogen-bond donors (Lipinski definition) is 1. The van der Waals surface area contributed by atoms with Crippen LogP contribution in [0, 0.1) is 0 Å². The molecular formula is C7H13N5O. The zero-order valence-corrected chi connectivity index (χ0v) is 7.39. The van der Waals surface area contributed by atoms with Gasteiger partial charge in [-0.3, -0.25) is 4.90 Å². The Kier molecular flexibility index (Phi) is 2.53. The summed E-state index contributed by atoms with van der Waals surface area (Å²) in [5.41, 5.74) is 0. The third-order valence-electron chi connectivity index (χ3n) is 2.24. The highest BCUT2D eigenvalue weighted by Gasteiger charge is 2.16. The SMILES string of the molecule is NOCCN1CCn2cnnc2C1. The van der Waals surface area contributed by atoms with Crippen LogP contribution in [0.5, 0.6) is 0 Å². The molecule has 0 aromatic carbocycles. The van der Waals surface area contributed by atoms with Crippen LogP contribution in [0.25, 0.3) is 0 Å². The van der Waals surface area contributed by atoms with E-state index in [9.17, 15) is 0 Å². The fourth-order valence-electron chi connectivity index (χ4n) is 1.49. The molecule has 2 N–H and O–H groups in total. The molecule has 0 saturated heterocycles. The molecule has 6 heteroatoms. The molecule has 1 aliphatic rings. The molecule has 0 fully saturated rings. The van der Waals surface area contributed by atoms with Gasteiger partial charge in [0.25, 0.3) is 0 Å². The molecule has 0 bridgehead atoms. The van der Waals surface area contributed by atoms with Crippen molar-refractivity contribution in [2.24, 2.45) is 5.90 Å². The Morgan fingerprint density at radius 1 is 1.54 bits per heavy atom. The summed E-state index contributed by atoms with van der Waals surface area (Å²) in [6.45, 7) is 4.21. The molecule has 6 nitrogen and oxygen atoms in total. The van der Waals surface area contributed by atoms with E-state index in [-0.39, 0.29) is 0 Å². The predicted octanol–water partition coefficient (Wildman–Crippen LogP) is -1.02. The van der Waals surface area contributed by atoms with Gasteiger partial charge in [-0.25, -0.2) is 5.90 Å². The first kappa shape index (κ1) is 8.61. The molecule has 0 aliphatic carbocycles. The van der Waals surface area contributed by atoms with Crippen LogP contribution >= 0.6 is 0 Å². The monoisotopic (exact) mass is 183 g/mol. The van der Waals surface area contributed by atoms with Crippen LogP contribution in [0.1, 0.15) is 5.82 Å². The molecule has 0 unspecified atom stereocenters. The molecule has 13 heavy (non-hydrogen) atoms. The minimum atomic E-state index is 0.564. The van der Waals surface area contributed by atoms with E-state index < -0.39 is 0 Å². The van der Waals surface area contributed by atoms with Gasteiger partial charge in [0.1, 0.15) is 12.2 Å². The van der Waals surface area contributed by atoms with Gasteiger partial charge in [-0.1, -0.05) is 0 Å². The quantitative estimate of drug-likeness (QED) is 0.608. The predicted molar refractivity (Wildman–Crippen MR) is 45.4 cm³/mol. The van der Waals surface area contributed by atoms with Crippen LogP contribution in [0.3, 0.4) is 0 Å². The van der Waals surface area contributed by atoms with Gasteiger partial charge in [0.05, 0.1) is 13.2 Å². The van der Waals surface area contributed by atoms with Crippen LogP contribution in [0.4, 0.5) is 0 Å². The summed E-state index contributed by atoms with van der Waals surface area (Å²) in [5.74, 6) is 5.98. The van der Waals surface area contributed by atoms with Crippen molar-refractivity contribution in [3.05, 3.63) is 12.2 Å². The third-order valence-corrected chi connectivity index (χ3v) is 2.24. The Hall–Kier alpha value is -0.980. The van der Waals surface area contributed by atoms with Crippen molar-refractivity contribution in [3.63, 3.8) is 0 Å². The van der Waals surface area contributed by atoms with Gasteiger partial charge in [-0.05, 0) is 0 Å². The molecule has 2 heterocycles. The van der Waals surface area contributed by atoms with E-state index in [4.69, 9.17) is 5.90 Å². The zero-order chi connectivity index (χ0) is 9.10. The minimum Gasteiger partial charge on any atom is -0.315 e. The molecule has 0 saturated carbocycles. The largest absolute Gasteiger partial charge is 0.315 e. The maximum Gasteiger partial charge on any atom is 0.147 e. The first-order chi connectivity index (χ1) is 6.40. The van der Waals surface area contributed by atoms with Crippen LogP contribution in [-0.2, 0) is 17.9 Å². The van der Waals surface area contributed by atoms with E-state index in [1.54, 1.807) is 6.33 Å². The average molecular weight is 183 g/mol. The van der Waals surface area contributed by atoms with Crippen molar-refractivity contribution in [2.45, 2.75) is 13.1 Å². The lowest BCUT2D eigenvalue weighted by Gasteiger charge is -2.26. The molecule has 0 atom stereocenters. The number of nitrogens with zero attached hydrogens (tertiary/aromatic N) is 4. The van der Waals surface area contributed by atoms with E-state index in [2.05, 4.69) is 24.5 Å². The smallest absolute Gasteiger partial charge is 0.147 e. The summed E-state index contributed by atoms with van der Waals surface area (Å²) in [5, 5.41) is 7.86. The molecule has 1 aromatic rings. The highest BCUT2D eigenvalue weighted by molar-refractivity contribution is 4.89. The lowest BCUT2D eigenvalue weighted by atomic mass is 10.3. The van der Waals surface area contributed by atoms with Gasteiger partial charge in [-0.15, -0.1) is 10.2 Å². The maximum atomic E-state index is 4.96. The van der Waals surface area contributed by atoms with Crippen LogP contribution in [0.2, 0.25) is 0 Å². The van der Waals surface area contributed by atoms with Crippen LogP contribution in [-0.4, -0.2) is 39.4 Å². The van der Waals surface area contributed by atoms with E-state index >= 15 is 0 Å². The number of nitrogens with two attached hydrogens (primary N) is 1. The summed E-state index contributed by atoms with van der Waals surface area (Å²) in [4.78, 5) is 6.78. The summed E-state index contributed by atoms with van der Waals surface area (Å²) in [6, 6.07) is 0. The molecule has 1 aromatic heterocycles. The van der Waals surface area contributed by atoms with Crippen molar-refractivity contribution in [1.82, 2.24) is 19.7 Å². The second-order valence-corrected chi connectivity index (χ2v) is 3.09. The average Bonchev–Trinajstić information content (AvgIpc) is 2.61. The van der Waals surface area contributed by atoms with Gasteiger partial charge in [0, 0.05) is 19.6 Å². The van der Waals surface area contributed by atoms with E-state index in [0.29, 0.717) is 6.61 Å². The molecule has 0 radical (unpaired) electrons. The Labute approximate surface area is 76.2 Å². The summed E-state index contributed by atoms with van der Waals surface area (Å²) >= 11 is 0. The second-order valence-electron chi connectivity index (χ2n) is 3.09. The molecular weight excluding hydrogens is 170 g/mol. The fraction of sp³-hybridized carbons (Fsp3) is 0.714. The van der Waals surface area contributed by atoms with Crippen molar-refractivity contribution >= 4 is 0 Å². The topological polar surface area (TPSA) is 69.2 Å². The lowest BCUT2D eigenvalue weighted by molar-refractivity contribution is 0.0943. The molecule has 0 amide bonds. The van der Waals surface area contributed by atoms with Gasteiger partial charge in [0.2, 0.25) is 0 Å². The van der Waals surface area contributed by atoms with Crippen molar-refractivity contribution in [1.29, 1.82) is 0 Å². The summed E-state index contributed by atoms with van der Waals surface area (Å²) in [6.07, 6.45) is 1.77. The Morgan fingerprint density at radius 3 is 3.31 bits per heavy atom. The number of aromatic nitrogens is 3. The van der Waals surface area contributed by atoms with Crippen molar-refractivity contribution in [2.75, 3.05) is 19.7 Å². The minimum absolute atomic E-state index is 0.564. The zero-order valence-electron chi connectivity index (χ0n) is 7.39. The first-order valence-electron chi connectivity index (χ1n) is 4.31. The normalized spacial score (nSPS) is 17.3. The third kappa shape index (κ3) is 1.85. The van der Waals surface area contributed by atoms with E-state index in [0.717, 1.165) is 32.0 Å². The van der Waals surface area contributed by atoms with Gasteiger partial charge in [-0.2, -0.15) is 0 Å². The van der Waals surface area contributed by atoms with Crippen molar-refractivity contribution < 1.29 is 4.84 Å². The Bertz CT molecular complexity index is 274. The maximum absolute atomic E-state index is 4.96. The standard InChI is InChI=1S/C7H13N5O/c8-13-4-3-11-1-2-12-6-9-10-7(12)5-11/h6H,1-5,8H2. The molecule has 1 aliphatic heterocycles. The summed E-state index contributed by atoms with van der Waals surface area (Å²) in [7, 11) is 0. The molecule has 2 rings (SSSR count). The Balaban J connectivity index is 1.93. The highest BCUT2D eigenvalue weighted by Crippen LogP contribution is 2.07. The number of fused-ring (bicyclic) bond motifs is 1. The fourth-order valence-corrected chi connectivity index (χ4v) is 1.49. The van der Waals surface area contributed by atoms with Crippen LogP contribution in [0.15, 0.2) is 6.33 Å². The van der Waals surface area contributed by atoms with E-state index in [1.807, 2.05) is 0 Å². The van der Waals surface area contributed by atoms with Gasteiger partial charge < -0.3 is 9.40 Å². The first-order valence-corrected chi connectivity index (χ1v) is 4.31. The van der Waals surface area contributed by atoms with Crippen LogP contribution < -0.4 is 5.90 Å². The van der Waals surface area contributed by atoms with E-state index in [1.165, 1.54) is 0 Å². The van der Waals surface area contributed by atoms with Crippen molar-refractivity contribution in [3.8, 4) is 0 Å². The highest BCUT2D eigenvalue weighted by atomic mass is 16.6. The number of rotatable bonds is 3.